The first-order chi connectivity index (χ1) is 11.7. The Morgan fingerprint density at radius 2 is 2.12 bits per heavy atom. The fourth-order valence-corrected chi connectivity index (χ4v) is 3.44. The number of nitrogens with zero attached hydrogens (tertiary/aromatic N) is 2. The number of hydrogen-bond acceptors (Lipinski definition) is 3. The summed E-state index contributed by atoms with van der Waals surface area (Å²) < 4.78 is 20.4. The molecule has 2 saturated heterocycles. The first kappa shape index (κ1) is 15.1. The summed E-state index contributed by atoms with van der Waals surface area (Å²) in [5.74, 6) is 0.325. The second-order valence-corrected chi connectivity index (χ2v) is 6.32. The minimum absolute atomic E-state index is 0.0808. The number of ether oxygens (including phenoxy) is 1. The molecule has 0 saturated carbocycles. The van der Waals surface area contributed by atoms with Gasteiger partial charge in [-0.3, -0.25) is 5.32 Å². The highest BCUT2D eigenvalue weighted by Gasteiger charge is 2.41. The number of carbonyl (C=O) groups excluding carboxylic acids is 1. The minimum Gasteiger partial charge on any atom is -0.373 e. The van der Waals surface area contributed by atoms with E-state index in [-0.39, 0.29) is 24.0 Å². The van der Waals surface area contributed by atoms with Gasteiger partial charge in [0.2, 0.25) is 0 Å². The van der Waals surface area contributed by atoms with Crippen LogP contribution in [0.15, 0.2) is 36.5 Å². The molecule has 1 aromatic carbocycles. The van der Waals surface area contributed by atoms with E-state index in [0.717, 1.165) is 24.8 Å². The lowest BCUT2D eigenvalue weighted by molar-refractivity contribution is 0.0984. The van der Waals surface area contributed by atoms with E-state index in [4.69, 9.17) is 4.74 Å². The molecule has 3 heterocycles. The van der Waals surface area contributed by atoms with Crippen LogP contribution in [0.4, 0.5) is 15.0 Å². The molecule has 1 aromatic heterocycles. The lowest BCUT2D eigenvalue weighted by atomic mass is 9.96. The molecular formula is C17H19FN4O2. The lowest BCUT2D eigenvalue weighted by Gasteiger charge is -2.20. The maximum Gasteiger partial charge on any atom is 0.320 e. The van der Waals surface area contributed by atoms with Crippen molar-refractivity contribution >= 4 is 11.8 Å². The van der Waals surface area contributed by atoms with Crippen LogP contribution in [0.25, 0.3) is 0 Å². The second kappa shape index (κ2) is 6.24. The highest BCUT2D eigenvalue weighted by molar-refractivity contribution is 5.88. The van der Waals surface area contributed by atoms with Crippen molar-refractivity contribution in [1.29, 1.82) is 0 Å². The van der Waals surface area contributed by atoms with Crippen LogP contribution >= 0.6 is 0 Å². The largest absolute Gasteiger partial charge is 0.373 e. The van der Waals surface area contributed by atoms with Crippen molar-refractivity contribution in [3.8, 4) is 0 Å². The Bertz CT molecular complexity index is 730. The first-order valence-corrected chi connectivity index (χ1v) is 8.16. The molecule has 2 aliphatic heterocycles. The number of aromatic nitrogens is 2. The first-order valence-electron chi connectivity index (χ1n) is 8.16. The number of urea groups is 1. The summed E-state index contributed by atoms with van der Waals surface area (Å²) in [6.07, 6.45) is 5.05. The molecule has 0 aliphatic carbocycles. The minimum atomic E-state index is -0.273. The molecule has 2 fully saturated rings. The molecule has 0 unspecified atom stereocenters. The molecule has 126 valence electrons. The summed E-state index contributed by atoms with van der Waals surface area (Å²) in [6, 6.07) is 7.79. The van der Waals surface area contributed by atoms with Gasteiger partial charge in [0.15, 0.2) is 0 Å². The van der Waals surface area contributed by atoms with E-state index in [9.17, 15) is 9.18 Å². The number of nitrogens with one attached hydrogen (secondary N) is 2. The molecule has 2 aliphatic rings. The predicted molar refractivity (Wildman–Crippen MR) is 86.2 cm³/mol. The van der Waals surface area contributed by atoms with Crippen LogP contribution in [0.2, 0.25) is 0 Å². The molecule has 2 amide bonds. The molecule has 0 spiro atoms. The summed E-state index contributed by atoms with van der Waals surface area (Å²) in [7, 11) is 0. The summed E-state index contributed by atoms with van der Waals surface area (Å²) in [5.41, 5.74) is 0.907. The van der Waals surface area contributed by atoms with Gasteiger partial charge in [0.25, 0.3) is 0 Å². The van der Waals surface area contributed by atoms with E-state index in [2.05, 4.69) is 15.7 Å². The van der Waals surface area contributed by atoms with Crippen LogP contribution in [0.1, 0.15) is 24.8 Å². The average Bonchev–Trinajstić information content (AvgIpc) is 3.27. The normalized spacial score (nSPS) is 25.0. The van der Waals surface area contributed by atoms with Gasteiger partial charge in [0, 0.05) is 6.07 Å². The number of halogens is 1. The van der Waals surface area contributed by atoms with Crippen molar-refractivity contribution in [2.75, 3.05) is 5.32 Å². The molecule has 4 rings (SSSR count). The molecule has 7 heteroatoms. The van der Waals surface area contributed by atoms with Gasteiger partial charge >= 0.3 is 6.03 Å². The molecule has 2 bridgehead atoms. The van der Waals surface area contributed by atoms with E-state index in [0.29, 0.717) is 18.5 Å². The van der Waals surface area contributed by atoms with E-state index >= 15 is 0 Å². The monoisotopic (exact) mass is 330 g/mol. The Kier molecular flexibility index (Phi) is 3.93. The fourth-order valence-electron chi connectivity index (χ4n) is 3.44. The summed E-state index contributed by atoms with van der Waals surface area (Å²) >= 11 is 0. The number of benzene rings is 1. The van der Waals surface area contributed by atoms with E-state index in [1.54, 1.807) is 29.1 Å². The van der Waals surface area contributed by atoms with Crippen LogP contribution in [0.5, 0.6) is 0 Å². The third kappa shape index (κ3) is 3.12. The number of anilines is 1. The van der Waals surface area contributed by atoms with Gasteiger partial charge in [0.1, 0.15) is 11.6 Å². The van der Waals surface area contributed by atoms with Crippen molar-refractivity contribution in [3.63, 3.8) is 0 Å². The van der Waals surface area contributed by atoms with Gasteiger partial charge in [-0.2, -0.15) is 5.10 Å². The number of fused-ring (bicyclic) bond motifs is 2. The predicted octanol–water partition coefficient (Wildman–Crippen LogP) is 2.51. The molecule has 2 aromatic rings. The van der Waals surface area contributed by atoms with Gasteiger partial charge in [-0.25, -0.2) is 13.9 Å². The third-order valence-electron chi connectivity index (χ3n) is 4.63. The molecule has 0 radical (unpaired) electrons. The Morgan fingerprint density at radius 1 is 1.29 bits per heavy atom. The smallest absolute Gasteiger partial charge is 0.320 e. The standard InChI is InChI=1S/C17H19FN4O2/c18-12-3-1-11(2-4-12)10-22-16(7-8-19-22)21-17(23)20-14-9-13-5-6-15(14)24-13/h1-4,7-8,13-15H,5-6,9-10H2,(H2,20,21,23)/t13-,14-,15+/m1/s1. The van der Waals surface area contributed by atoms with Crippen LogP contribution < -0.4 is 10.6 Å². The van der Waals surface area contributed by atoms with Gasteiger partial charge < -0.3 is 10.1 Å². The van der Waals surface area contributed by atoms with Crippen molar-refractivity contribution in [1.82, 2.24) is 15.1 Å². The maximum atomic E-state index is 13.0. The van der Waals surface area contributed by atoms with Crippen molar-refractivity contribution < 1.29 is 13.9 Å². The number of amides is 2. The highest BCUT2D eigenvalue weighted by atomic mass is 19.1. The zero-order valence-corrected chi connectivity index (χ0v) is 13.1. The number of rotatable bonds is 4. The summed E-state index contributed by atoms with van der Waals surface area (Å²) in [5, 5.41) is 10.0. The summed E-state index contributed by atoms with van der Waals surface area (Å²) in [6.45, 7) is 0.458. The number of hydrogen-bond donors (Lipinski definition) is 2. The highest BCUT2D eigenvalue weighted by Crippen LogP contribution is 2.34. The second-order valence-electron chi connectivity index (χ2n) is 6.32. The van der Waals surface area contributed by atoms with E-state index in [1.807, 2.05) is 0 Å². The Morgan fingerprint density at radius 3 is 2.83 bits per heavy atom. The molecule has 24 heavy (non-hydrogen) atoms. The number of carbonyl (C=O) groups is 1. The van der Waals surface area contributed by atoms with E-state index < -0.39 is 0 Å². The van der Waals surface area contributed by atoms with Crippen molar-refractivity contribution in [2.24, 2.45) is 0 Å². The van der Waals surface area contributed by atoms with Crippen LogP contribution in [0, 0.1) is 5.82 Å². The zero-order chi connectivity index (χ0) is 16.5. The quantitative estimate of drug-likeness (QED) is 0.905. The topological polar surface area (TPSA) is 68.2 Å². The van der Waals surface area contributed by atoms with Gasteiger partial charge in [0.05, 0.1) is 31.0 Å². The average molecular weight is 330 g/mol. The fraction of sp³-hybridized carbons (Fsp3) is 0.412. The molecule has 6 nitrogen and oxygen atoms in total. The summed E-state index contributed by atoms with van der Waals surface area (Å²) in [4.78, 5) is 12.2. The van der Waals surface area contributed by atoms with Gasteiger partial charge in [-0.05, 0) is 37.0 Å². The maximum absolute atomic E-state index is 13.0. The van der Waals surface area contributed by atoms with Crippen LogP contribution in [-0.2, 0) is 11.3 Å². The lowest BCUT2D eigenvalue weighted by Crippen LogP contribution is -2.43. The Labute approximate surface area is 139 Å². The zero-order valence-electron chi connectivity index (χ0n) is 13.1. The molecule has 3 atom stereocenters. The SMILES string of the molecule is O=C(Nc1ccnn1Cc1ccc(F)cc1)N[C@@H]1C[C@H]2CC[C@@H]1O2. The van der Waals surface area contributed by atoms with Crippen LogP contribution in [0.3, 0.4) is 0 Å². The Hall–Kier alpha value is -2.41. The Balaban J connectivity index is 1.37. The molecular weight excluding hydrogens is 311 g/mol. The van der Waals surface area contributed by atoms with Crippen molar-refractivity contribution in [3.05, 3.63) is 47.9 Å². The van der Waals surface area contributed by atoms with Gasteiger partial charge in [-0.15, -0.1) is 0 Å². The third-order valence-corrected chi connectivity index (χ3v) is 4.63. The van der Waals surface area contributed by atoms with Gasteiger partial charge in [-0.1, -0.05) is 12.1 Å². The van der Waals surface area contributed by atoms with Crippen molar-refractivity contribution in [2.45, 2.75) is 44.1 Å². The molecule has 2 N–H and O–H groups in total. The van der Waals surface area contributed by atoms with E-state index in [1.165, 1.54) is 12.1 Å². The van der Waals surface area contributed by atoms with Crippen LogP contribution in [-0.4, -0.2) is 34.1 Å².